The molecule has 2 aromatic rings. The summed E-state index contributed by atoms with van der Waals surface area (Å²) >= 11 is 5.10. The summed E-state index contributed by atoms with van der Waals surface area (Å²) in [4.78, 5) is 13.5. The van der Waals surface area contributed by atoms with Crippen molar-refractivity contribution in [3.63, 3.8) is 0 Å². The number of amides is 1. The van der Waals surface area contributed by atoms with E-state index in [0.29, 0.717) is 17.4 Å². The van der Waals surface area contributed by atoms with Crippen LogP contribution in [0, 0.1) is 6.92 Å². The monoisotopic (exact) mass is 368 g/mol. The molecule has 2 aromatic carbocycles. The molecule has 5 nitrogen and oxygen atoms in total. The van der Waals surface area contributed by atoms with Crippen LogP contribution in [0.3, 0.4) is 0 Å². The Labute approximate surface area is 158 Å². The number of nitrogens with zero attached hydrogens (tertiary/aromatic N) is 1. The zero-order valence-electron chi connectivity index (χ0n) is 14.9. The maximum atomic E-state index is 12.1. The first-order valence-electron chi connectivity index (χ1n) is 8.15. The van der Waals surface area contributed by atoms with Gasteiger partial charge >= 0.3 is 0 Å². The minimum Gasteiger partial charge on any atom is -0.496 e. The third-order valence-electron chi connectivity index (χ3n) is 4.11. The Hall–Kier alpha value is -2.86. The summed E-state index contributed by atoms with van der Waals surface area (Å²) in [5.41, 5.74) is 3.39. The number of thiocarbonyl (C=S) groups is 1. The molecule has 0 bridgehead atoms. The van der Waals surface area contributed by atoms with E-state index in [4.69, 9.17) is 21.7 Å². The molecule has 0 spiro atoms. The fourth-order valence-corrected chi connectivity index (χ4v) is 2.78. The molecule has 0 unspecified atom stereocenters. The fraction of sp³-hybridized carbons (Fsp3) is 0.200. The van der Waals surface area contributed by atoms with Crippen LogP contribution in [0.1, 0.15) is 16.7 Å². The van der Waals surface area contributed by atoms with Crippen molar-refractivity contribution in [2.75, 3.05) is 14.2 Å². The van der Waals surface area contributed by atoms with E-state index in [1.807, 2.05) is 49.4 Å². The van der Waals surface area contributed by atoms with E-state index >= 15 is 0 Å². The Morgan fingerprint density at radius 2 is 1.92 bits per heavy atom. The molecule has 6 heteroatoms. The lowest BCUT2D eigenvalue weighted by Gasteiger charge is -2.11. The Balaban J connectivity index is 1.81. The Morgan fingerprint density at radius 3 is 2.54 bits per heavy atom. The smallest absolute Gasteiger partial charge is 0.276 e. The molecule has 0 aliphatic carbocycles. The molecule has 0 radical (unpaired) electrons. The highest BCUT2D eigenvalue weighted by Crippen LogP contribution is 2.24. The van der Waals surface area contributed by atoms with Crippen molar-refractivity contribution in [2.45, 2.75) is 13.5 Å². The Morgan fingerprint density at radius 1 is 1.19 bits per heavy atom. The second-order valence-electron chi connectivity index (χ2n) is 6.03. The van der Waals surface area contributed by atoms with Crippen molar-refractivity contribution >= 4 is 29.3 Å². The molecule has 134 valence electrons. The zero-order valence-corrected chi connectivity index (χ0v) is 15.7. The van der Waals surface area contributed by atoms with Crippen LogP contribution in [-0.4, -0.2) is 30.1 Å². The number of hydrogen-bond acceptors (Lipinski definition) is 4. The summed E-state index contributed by atoms with van der Waals surface area (Å²) in [6.07, 6.45) is 1.77. The zero-order chi connectivity index (χ0) is 18.7. The molecule has 1 amide bonds. The summed E-state index contributed by atoms with van der Waals surface area (Å²) in [5, 5.41) is 3.32. The van der Waals surface area contributed by atoms with E-state index in [2.05, 4.69) is 5.32 Å². The molecule has 1 heterocycles. The number of carbonyl (C=O) groups excluding carboxylic acids is 1. The molecule has 1 saturated heterocycles. The first-order valence-corrected chi connectivity index (χ1v) is 8.56. The predicted molar refractivity (Wildman–Crippen MR) is 105 cm³/mol. The minimum absolute atomic E-state index is 0.150. The van der Waals surface area contributed by atoms with Crippen LogP contribution < -0.4 is 14.8 Å². The summed E-state index contributed by atoms with van der Waals surface area (Å²) < 4.78 is 11.3. The molecule has 26 heavy (non-hydrogen) atoms. The van der Waals surface area contributed by atoms with Crippen molar-refractivity contribution in [3.8, 4) is 11.5 Å². The van der Waals surface area contributed by atoms with Crippen molar-refractivity contribution < 1.29 is 14.3 Å². The molecule has 3 rings (SSSR count). The van der Waals surface area contributed by atoms with E-state index in [0.717, 1.165) is 22.6 Å². The first kappa shape index (κ1) is 17.9. The van der Waals surface area contributed by atoms with E-state index in [1.54, 1.807) is 20.2 Å². The highest BCUT2D eigenvalue weighted by atomic mass is 32.1. The van der Waals surface area contributed by atoms with E-state index in [-0.39, 0.29) is 5.91 Å². The van der Waals surface area contributed by atoms with Gasteiger partial charge in [-0.15, -0.1) is 0 Å². The van der Waals surface area contributed by atoms with Gasteiger partial charge in [0.15, 0.2) is 5.11 Å². The van der Waals surface area contributed by atoms with Gasteiger partial charge < -0.3 is 14.8 Å². The van der Waals surface area contributed by atoms with Gasteiger partial charge in [0, 0.05) is 12.6 Å². The maximum Gasteiger partial charge on any atom is 0.276 e. The standard InChI is InChI=1S/C20H20N2O3S/c1-13-4-7-16(8-5-13)25-12-15-10-14(6-9-18(15)24-3)11-17-19(23)22(2)20(26)21-17/h4-11H,12H2,1-3H3,(H,21,26)/b17-11+. The normalized spacial score (nSPS) is 15.3. The van der Waals surface area contributed by atoms with Gasteiger partial charge in [0.25, 0.3) is 5.91 Å². The van der Waals surface area contributed by atoms with Crippen LogP contribution >= 0.6 is 12.2 Å². The molecule has 0 aromatic heterocycles. The van der Waals surface area contributed by atoms with E-state index < -0.39 is 0 Å². The minimum atomic E-state index is -0.150. The van der Waals surface area contributed by atoms with Gasteiger partial charge in [0.1, 0.15) is 23.8 Å². The number of aryl methyl sites for hydroxylation is 1. The summed E-state index contributed by atoms with van der Waals surface area (Å²) in [5.74, 6) is 1.38. The highest BCUT2D eigenvalue weighted by molar-refractivity contribution is 7.80. The topological polar surface area (TPSA) is 50.8 Å². The van der Waals surface area contributed by atoms with Crippen LogP contribution in [0.15, 0.2) is 48.2 Å². The van der Waals surface area contributed by atoms with Gasteiger partial charge in [-0.25, -0.2) is 0 Å². The van der Waals surface area contributed by atoms with E-state index in [1.165, 1.54) is 10.5 Å². The van der Waals surface area contributed by atoms with Crippen LogP contribution in [0.2, 0.25) is 0 Å². The molecule has 1 aliphatic rings. The highest BCUT2D eigenvalue weighted by Gasteiger charge is 2.26. The average Bonchev–Trinajstić information content (AvgIpc) is 2.88. The van der Waals surface area contributed by atoms with Gasteiger partial charge in [-0.3, -0.25) is 9.69 Å². The van der Waals surface area contributed by atoms with Crippen LogP contribution in [0.4, 0.5) is 0 Å². The number of hydrogen-bond donors (Lipinski definition) is 1. The molecular formula is C20H20N2O3S. The second kappa shape index (κ2) is 7.58. The van der Waals surface area contributed by atoms with Gasteiger partial charge in [0.2, 0.25) is 0 Å². The van der Waals surface area contributed by atoms with Crippen LogP contribution in [-0.2, 0) is 11.4 Å². The predicted octanol–water partition coefficient (Wildman–Crippen LogP) is 3.27. The number of benzene rings is 2. The van der Waals surface area contributed by atoms with Gasteiger partial charge in [-0.1, -0.05) is 23.8 Å². The number of rotatable bonds is 5. The summed E-state index contributed by atoms with van der Waals surface area (Å²) in [6, 6.07) is 13.6. The number of ether oxygens (including phenoxy) is 2. The number of likely N-dealkylation sites (N-methyl/N-ethyl adjacent to an activating group) is 1. The first-order chi connectivity index (χ1) is 12.5. The fourth-order valence-electron chi connectivity index (χ4n) is 2.59. The molecule has 0 atom stereocenters. The van der Waals surface area contributed by atoms with Crippen molar-refractivity contribution in [3.05, 3.63) is 64.9 Å². The van der Waals surface area contributed by atoms with Gasteiger partial charge in [-0.05, 0) is 55.0 Å². The third kappa shape index (κ3) is 3.86. The number of methoxy groups -OCH3 is 1. The summed E-state index contributed by atoms with van der Waals surface area (Å²) in [7, 11) is 3.27. The summed E-state index contributed by atoms with van der Waals surface area (Å²) in [6.45, 7) is 2.40. The maximum absolute atomic E-state index is 12.1. The molecule has 1 aliphatic heterocycles. The van der Waals surface area contributed by atoms with Gasteiger partial charge in [0.05, 0.1) is 7.11 Å². The van der Waals surface area contributed by atoms with Gasteiger partial charge in [-0.2, -0.15) is 0 Å². The molecule has 1 fully saturated rings. The Bertz CT molecular complexity index is 875. The molecule has 0 saturated carbocycles. The number of carbonyl (C=O) groups is 1. The van der Waals surface area contributed by atoms with Crippen LogP contribution in [0.25, 0.3) is 6.08 Å². The SMILES string of the molecule is COc1ccc(/C=C2/NC(=S)N(C)C2=O)cc1COc1ccc(C)cc1. The molecular weight excluding hydrogens is 348 g/mol. The Kier molecular flexibility index (Phi) is 5.23. The third-order valence-corrected chi connectivity index (χ3v) is 4.49. The number of nitrogens with one attached hydrogen (secondary N) is 1. The lowest BCUT2D eigenvalue weighted by atomic mass is 10.1. The van der Waals surface area contributed by atoms with E-state index in [9.17, 15) is 4.79 Å². The largest absolute Gasteiger partial charge is 0.496 e. The van der Waals surface area contributed by atoms with Crippen molar-refractivity contribution in [1.29, 1.82) is 0 Å². The average molecular weight is 368 g/mol. The van der Waals surface area contributed by atoms with Crippen molar-refractivity contribution in [1.82, 2.24) is 10.2 Å². The van der Waals surface area contributed by atoms with Crippen LogP contribution in [0.5, 0.6) is 11.5 Å². The lowest BCUT2D eigenvalue weighted by Crippen LogP contribution is -2.25. The quantitative estimate of drug-likeness (QED) is 0.648. The molecule has 1 N–H and O–H groups in total. The lowest BCUT2D eigenvalue weighted by molar-refractivity contribution is -0.121. The van der Waals surface area contributed by atoms with Crippen molar-refractivity contribution in [2.24, 2.45) is 0 Å². The second-order valence-corrected chi connectivity index (χ2v) is 6.41.